The Balaban J connectivity index is 4.87. The Labute approximate surface area is 107 Å². The molecule has 0 bridgehead atoms. The summed E-state index contributed by atoms with van der Waals surface area (Å²) >= 11 is 0. The van der Waals surface area contributed by atoms with Gasteiger partial charge in [0.25, 0.3) is 0 Å². The minimum atomic E-state index is -2.58. The Morgan fingerprint density at radius 3 is 1.65 bits per heavy atom. The molecule has 104 valence electrons. The van der Waals surface area contributed by atoms with E-state index in [2.05, 4.69) is 19.2 Å². The van der Waals surface area contributed by atoms with Crippen LogP contribution in [0.1, 0.15) is 47.5 Å². The van der Waals surface area contributed by atoms with Crippen molar-refractivity contribution in [1.29, 1.82) is 0 Å². The normalized spacial score (nSPS) is 13.9. The van der Waals surface area contributed by atoms with Gasteiger partial charge in [-0.3, -0.25) is 0 Å². The van der Waals surface area contributed by atoms with Gasteiger partial charge in [-0.15, -0.1) is 0 Å². The first-order chi connectivity index (χ1) is 8.20. The molecule has 0 saturated heterocycles. The first-order valence-electron chi connectivity index (χ1n) is 6.85. The molecule has 0 aliphatic carbocycles. The van der Waals surface area contributed by atoms with E-state index in [1.54, 1.807) is 0 Å². The molecular weight excluding hydrogens is 234 g/mol. The fraction of sp³-hybridized carbons (Fsp3) is 1.00. The van der Waals surface area contributed by atoms with Crippen LogP contribution in [0.15, 0.2) is 0 Å². The van der Waals surface area contributed by atoms with Gasteiger partial charge in [0, 0.05) is 19.8 Å². The van der Waals surface area contributed by atoms with Crippen LogP contribution < -0.4 is 5.32 Å². The maximum atomic E-state index is 5.91. The van der Waals surface area contributed by atoms with Gasteiger partial charge in [0.15, 0.2) is 0 Å². The number of rotatable bonds is 11. The van der Waals surface area contributed by atoms with Crippen molar-refractivity contribution in [2.75, 3.05) is 26.4 Å². The summed E-state index contributed by atoms with van der Waals surface area (Å²) in [7, 11) is -2.58. The van der Waals surface area contributed by atoms with Gasteiger partial charge in [-0.05, 0) is 33.7 Å². The second-order valence-corrected chi connectivity index (χ2v) is 6.57. The van der Waals surface area contributed by atoms with Crippen LogP contribution in [0.4, 0.5) is 0 Å². The summed E-state index contributed by atoms with van der Waals surface area (Å²) in [4.78, 5) is 0. The summed E-state index contributed by atoms with van der Waals surface area (Å²) in [6.45, 7) is 13.1. The van der Waals surface area contributed by atoms with Crippen molar-refractivity contribution in [3.63, 3.8) is 0 Å². The standard InChI is InChI=1S/C12H29NO3Si/c1-6-11-12(13-7-2)17(14-8-3,15-9-4)16-10-5/h12-13H,6-11H2,1-5H3. The van der Waals surface area contributed by atoms with E-state index in [1.165, 1.54) is 0 Å². The van der Waals surface area contributed by atoms with Crippen LogP contribution in [0.5, 0.6) is 0 Å². The smallest absolute Gasteiger partial charge is 0.373 e. The van der Waals surface area contributed by atoms with Crippen molar-refractivity contribution in [2.45, 2.75) is 53.1 Å². The van der Waals surface area contributed by atoms with Crippen molar-refractivity contribution in [3.8, 4) is 0 Å². The van der Waals surface area contributed by atoms with Crippen LogP contribution in [-0.2, 0) is 13.3 Å². The molecule has 0 aliphatic rings. The fourth-order valence-electron chi connectivity index (χ4n) is 1.97. The predicted molar refractivity (Wildman–Crippen MR) is 73.0 cm³/mol. The molecule has 0 fully saturated rings. The van der Waals surface area contributed by atoms with E-state index >= 15 is 0 Å². The highest BCUT2D eigenvalue weighted by Gasteiger charge is 2.48. The molecule has 5 heteroatoms. The lowest BCUT2D eigenvalue weighted by atomic mass is 10.3. The second-order valence-electron chi connectivity index (χ2n) is 3.80. The van der Waals surface area contributed by atoms with Crippen molar-refractivity contribution in [2.24, 2.45) is 0 Å². The van der Waals surface area contributed by atoms with Gasteiger partial charge in [0.05, 0.1) is 5.67 Å². The van der Waals surface area contributed by atoms with Crippen LogP contribution in [-0.4, -0.2) is 40.8 Å². The lowest BCUT2D eigenvalue weighted by Gasteiger charge is -2.35. The molecule has 1 atom stereocenters. The van der Waals surface area contributed by atoms with E-state index in [0.717, 1.165) is 19.4 Å². The minimum absolute atomic E-state index is 0.206. The Kier molecular flexibility index (Phi) is 10.1. The minimum Gasteiger partial charge on any atom is -0.373 e. The topological polar surface area (TPSA) is 39.7 Å². The Hall–Kier alpha value is 0.0569. The third-order valence-electron chi connectivity index (χ3n) is 2.49. The van der Waals surface area contributed by atoms with Crippen molar-refractivity contribution < 1.29 is 13.3 Å². The van der Waals surface area contributed by atoms with Gasteiger partial charge in [0.2, 0.25) is 0 Å². The third-order valence-corrected chi connectivity index (χ3v) is 5.91. The van der Waals surface area contributed by atoms with Crippen LogP contribution in [0, 0.1) is 0 Å². The van der Waals surface area contributed by atoms with Crippen molar-refractivity contribution in [3.05, 3.63) is 0 Å². The largest absolute Gasteiger partial charge is 0.518 e. The highest BCUT2D eigenvalue weighted by molar-refractivity contribution is 6.62. The monoisotopic (exact) mass is 263 g/mol. The average Bonchev–Trinajstić information content (AvgIpc) is 2.29. The van der Waals surface area contributed by atoms with Crippen LogP contribution in [0.2, 0.25) is 0 Å². The zero-order valence-electron chi connectivity index (χ0n) is 12.0. The highest BCUT2D eigenvalue weighted by Crippen LogP contribution is 2.19. The lowest BCUT2D eigenvalue weighted by Crippen LogP contribution is -2.62. The molecule has 0 aromatic heterocycles. The maximum Gasteiger partial charge on any atom is 0.518 e. The molecule has 1 N–H and O–H groups in total. The lowest BCUT2D eigenvalue weighted by molar-refractivity contribution is 0.0569. The molecule has 0 aromatic rings. The summed E-state index contributed by atoms with van der Waals surface area (Å²) in [6, 6.07) is 0. The average molecular weight is 263 g/mol. The molecular formula is C12H29NO3Si. The van der Waals surface area contributed by atoms with Crippen LogP contribution in [0.25, 0.3) is 0 Å². The second kappa shape index (κ2) is 10.0. The molecule has 0 radical (unpaired) electrons. The summed E-state index contributed by atoms with van der Waals surface area (Å²) < 4.78 is 17.7. The molecule has 4 nitrogen and oxygen atoms in total. The summed E-state index contributed by atoms with van der Waals surface area (Å²) in [5.74, 6) is 0. The molecule has 0 saturated carbocycles. The van der Waals surface area contributed by atoms with E-state index in [0.29, 0.717) is 19.8 Å². The quantitative estimate of drug-likeness (QED) is 0.581. The molecule has 0 spiro atoms. The number of nitrogens with one attached hydrogen (secondary N) is 1. The zero-order valence-corrected chi connectivity index (χ0v) is 13.0. The molecule has 0 heterocycles. The Bertz CT molecular complexity index is 158. The van der Waals surface area contributed by atoms with E-state index in [-0.39, 0.29) is 5.67 Å². The molecule has 0 amide bonds. The van der Waals surface area contributed by atoms with E-state index < -0.39 is 8.80 Å². The van der Waals surface area contributed by atoms with Gasteiger partial charge < -0.3 is 18.6 Å². The number of hydrogen-bond acceptors (Lipinski definition) is 4. The number of hydrogen-bond donors (Lipinski definition) is 1. The highest BCUT2D eigenvalue weighted by atomic mass is 28.4. The molecule has 0 aromatic carbocycles. The van der Waals surface area contributed by atoms with Gasteiger partial charge >= 0.3 is 8.80 Å². The summed E-state index contributed by atoms with van der Waals surface area (Å²) in [5.41, 5.74) is 0.206. The SMILES string of the molecule is CCCC(NCC)[Si](OCC)(OCC)OCC. The van der Waals surface area contributed by atoms with Crippen LogP contribution in [0.3, 0.4) is 0 Å². The molecule has 17 heavy (non-hydrogen) atoms. The third kappa shape index (κ3) is 5.48. The van der Waals surface area contributed by atoms with Gasteiger partial charge in [-0.25, -0.2) is 0 Å². The zero-order chi connectivity index (χ0) is 13.1. The predicted octanol–water partition coefficient (Wildman–Crippen LogP) is 2.35. The van der Waals surface area contributed by atoms with E-state index in [1.807, 2.05) is 20.8 Å². The maximum absolute atomic E-state index is 5.91. The van der Waals surface area contributed by atoms with Gasteiger partial charge in [-0.1, -0.05) is 20.3 Å². The summed E-state index contributed by atoms with van der Waals surface area (Å²) in [6.07, 6.45) is 2.12. The molecule has 0 aliphatic heterocycles. The molecule has 1 unspecified atom stereocenters. The first kappa shape index (κ1) is 17.1. The van der Waals surface area contributed by atoms with Crippen molar-refractivity contribution >= 4 is 8.80 Å². The first-order valence-corrected chi connectivity index (χ1v) is 8.66. The van der Waals surface area contributed by atoms with Gasteiger partial charge in [0.1, 0.15) is 0 Å². The molecule has 0 rings (SSSR count). The van der Waals surface area contributed by atoms with Gasteiger partial charge in [-0.2, -0.15) is 0 Å². The van der Waals surface area contributed by atoms with Crippen LogP contribution >= 0.6 is 0 Å². The Morgan fingerprint density at radius 1 is 0.882 bits per heavy atom. The van der Waals surface area contributed by atoms with E-state index in [4.69, 9.17) is 13.3 Å². The summed E-state index contributed by atoms with van der Waals surface area (Å²) in [5, 5.41) is 3.47. The van der Waals surface area contributed by atoms with Crippen molar-refractivity contribution in [1.82, 2.24) is 5.32 Å². The Morgan fingerprint density at radius 2 is 1.35 bits per heavy atom. The fourth-order valence-corrected chi connectivity index (χ4v) is 5.13. The van der Waals surface area contributed by atoms with E-state index in [9.17, 15) is 0 Å².